The van der Waals surface area contributed by atoms with Crippen molar-refractivity contribution in [1.29, 1.82) is 0 Å². The summed E-state index contributed by atoms with van der Waals surface area (Å²) in [6.45, 7) is 17.0. The molecule has 1 N–H and O–H groups in total. The molecule has 2 aliphatic rings. The van der Waals surface area contributed by atoms with Gasteiger partial charge in [-0.3, -0.25) is 4.79 Å². The molecule has 1 fully saturated rings. The normalized spacial score (nSPS) is 20.5. The maximum Gasteiger partial charge on any atom is 0.337 e. The van der Waals surface area contributed by atoms with E-state index >= 15 is 8.42 Å². The molecule has 1 saturated heterocycles. The van der Waals surface area contributed by atoms with E-state index in [0.717, 1.165) is 11.1 Å². The van der Waals surface area contributed by atoms with Crippen LogP contribution >= 0.6 is 0 Å². The topological polar surface area (TPSA) is 120 Å². The lowest BCUT2D eigenvalue weighted by Gasteiger charge is -2.54. The van der Waals surface area contributed by atoms with Gasteiger partial charge in [0.05, 0.1) is 29.4 Å². The van der Waals surface area contributed by atoms with Crippen molar-refractivity contribution >= 4 is 35.7 Å². The molecule has 0 spiro atoms. The lowest BCUT2D eigenvalue weighted by atomic mass is 9.75. The summed E-state index contributed by atoms with van der Waals surface area (Å²) in [5, 5.41) is 3.62. The number of rotatable bonds is 16. The highest BCUT2D eigenvalue weighted by Gasteiger charge is 2.62. The number of methoxy groups -OCH3 is 2. The van der Waals surface area contributed by atoms with Crippen molar-refractivity contribution in [3.8, 4) is 5.75 Å². The van der Waals surface area contributed by atoms with Crippen LogP contribution in [0.25, 0.3) is 0 Å². The predicted octanol–water partition coefficient (Wildman–Crippen LogP) is 7.63. The van der Waals surface area contributed by atoms with Crippen LogP contribution in [0.2, 0.25) is 16.6 Å². The molecule has 0 radical (unpaired) electrons. The van der Waals surface area contributed by atoms with Crippen LogP contribution < -0.4 is 15.0 Å². The third-order valence-electron chi connectivity index (χ3n) is 11.9. The number of nitrogens with one attached hydrogen (secondary N) is 1. The lowest BCUT2D eigenvalue weighted by Crippen LogP contribution is -2.66. The molecule has 12 heteroatoms. The Labute approximate surface area is 329 Å². The maximum atomic E-state index is 15.9. The summed E-state index contributed by atoms with van der Waals surface area (Å²) in [5.41, 5.74) is 4.20. The standard InChI is InChI=1S/C43H60N2O8SSi/c1-29(2)55(30(3)4,31(5)6)53-40-27-44-26-36(17-13-33-14-22-39-38(25-33)45(23-10-24-50-8)41(46)28-52-39)43(40,35-18-15-34(16-19-35)42(47)51-9)54(48,49)37-20-11-32(7)12-21-37/h11-12,14-16,18-22,25,29-31,36,40,44H,10,13,17,23-24,26-28H2,1-9H3/t36-,40+,43-/m1/s1. The third kappa shape index (κ3) is 8.16. The fraction of sp³-hybridized carbons (Fsp3) is 0.535. The molecule has 0 aromatic heterocycles. The van der Waals surface area contributed by atoms with Crippen molar-refractivity contribution in [2.24, 2.45) is 5.92 Å². The Morgan fingerprint density at radius 2 is 1.60 bits per heavy atom. The number of amides is 1. The summed E-state index contributed by atoms with van der Waals surface area (Å²) in [7, 11) is -3.85. The SMILES string of the molecule is COCCCN1C(=O)COc2ccc(CC[C@@H]3CNC[C@H](O[Si](C(C)C)(C(C)C)C(C)C)[C@]3(c3ccc(C(=O)OC)cc3)S(=O)(=O)c3ccc(C)cc3)cc21. The van der Waals surface area contributed by atoms with E-state index in [-0.39, 0.29) is 34.0 Å². The Balaban J connectivity index is 1.70. The summed E-state index contributed by atoms with van der Waals surface area (Å²) < 4.78 is 53.9. The highest BCUT2D eigenvalue weighted by molar-refractivity contribution is 7.92. The quantitative estimate of drug-likeness (QED) is 0.0888. The second kappa shape index (κ2) is 17.7. The zero-order valence-electron chi connectivity index (χ0n) is 34.0. The van der Waals surface area contributed by atoms with E-state index in [9.17, 15) is 9.59 Å². The molecule has 10 nitrogen and oxygen atoms in total. The van der Waals surface area contributed by atoms with Gasteiger partial charge in [-0.2, -0.15) is 0 Å². The van der Waals surface area contributed by atoms with E-state index < -0.39 is 40.9 Å². The van der Waals surface area contributed by atoms with Crippen LogP contribution in [0.1, 0.15) is 81.4 Å². The van der Waals surface area contributed by atoms with Crippen LogP contribution in [-0.2, 0) is 39.7 Å². The summed E-state index contributed by atoms with van der Waals surface area (Å²) in [4.78, 5) is 27.6. The second-order valence-corrected chi connectivity index (χ2v) is 23.5. The van der Waals surface area contributed by atoms with Crippen molar-refractivity contribution in [3.05, 3.63) is 89.0 Å². The van der Waals surface area contributed by atoms with E-state index in [4.69, 9.17) is 18.6 Å². The number of esters is 1. The number of fused-ring (bicyclic) bond motifs is 1. The number of ether oxygens (including phenoxy) is 3. The fourth-order valence-corrected chi connectivity index (χ4v) is 17.4. The number of hydrogen-bond acceptors (Lipinski definition) is 9. The predicted molar refractivity (Wildman–Crippen MR) is 219 cm³/mol. The number of carbonyl (C=O) groups excluding carboxylic acids is 2. The molecule has 0 bridgehead atoms. The summed E-state index contributed by atoms with van der Waals surface area (Å²) >= 11 is 0. The first-order valence-electron chi connectivity index (χ1n) is 19.6. The molecular weight excluding hydrogens is 733 g/mol. The molecule has 1 amide bonds. The van der Waals surface area contributed by atoms with Gasteiger partial charge in [0.15, 0.2) is 16.4 Å². The first-order chi connectivity index (χ1) is 26.1. The highest BCUT2D eigenvalue weighted by atomic mass is 32.2. The number of hydrogen-bond donors (Lipinski definition) is 1. The van der Waals surface area contributed by atoms with Gasteiger partial charge in [-0.1, -0.05) is 77.4 Å². The van der Waals surface area contributed by atoms with Gasteiger partial charge in [0.25, 0.3) is 5.91 Å². The molecule has 300 valence electrons. The van der Waals surface area contributed by atoms with Gasteiger partial charge >= 0.3 is 5.97 Å². The number of carbonyl (C=O) groups is 2. The van der Waals surface area contributed by atoms with Crippen LogP contribution in [0.3, 0.4) is 0 Å². The number of aryl methyl sites for hydroxylation is 2. The second-order valence-electron chi connectivity index (χ2n) is 16.0. The van der Waals surface area contributed by atoms with Gasteiger partial charge in [-0.15, -0.1) is 0 Å². The van der Waals surface area contributed by atoms with E-state index in [1.54, 1.807) is 48.4 Å². The number of benzene rings is 3. The zero-order chi connectivity index (χ0) is 40.1. The van der Waals surface area contributed by atoms with Crippen molar-refractivity contribution < 1.29 is 36.6 Å². The van der Waals surface area contributed by atoms with Crippen molar-refractivity contribution in [1.82, 2.24) is 5.32 Å². The van der Waals surface area contributed by atoms with Gasteiger partial charge < -0.3 is 28.9 Å². The Kier molecular flexibility index (Phi) is 13.7. The summed E-state index contributed by atoms with van der Waals surface area (Å²) in [6, 6.07) is 19.9. The number of anilines is 1. The molecule has 2 aliphatic heterocycles. The van der Waals surface area contributed by atoms with Crippen LogP contribution in [0, 0.1) is 12.8 Å². The van der Waals surface area contributed by atoms with Gasteiger partial charge in [0.1, 0.15) is 10.5 Å². The average molecular weight is 793 g/mol. The minimum atomic E-state index is -4.17. The Morgan fingerprint density at radius 1 is 0.945 bits per heavy atom. The average Bonchev–Trinajstić information content (AvgIpc) is 3.16. The first kappa shape index (κ1) is 42.6. The smallest absolute Gasteiger partial charge is 0.337 e. The van der Waals surface area contributed by atoms with E-state index in [1.807, 2.05) is 37.3 Å². The Hall–Kier alpha value is -3.55. The van der Waals surface area contributed by atoms with Crippen LogP contribution in [0.15, 0.2) is 71.6 Å². The molecule has 3 aromatic rings. The van der Waals surface area contributed by atoms with E-state index in [2.05, 4.69) is 46.9 Å². The maximum absolute atomic E-state index is 15.9. The monoisotopic (exact) mass is 792 g/mol. The third-order valence-corrected chi connectivity index (χ3v) is 20.6. The molecule has 5 rings (SSSR count). The minimum absolute atomic E-state index is 0.0173. The first-order valence-corrected chi connectivity index (χ1v) is 23.2. The summed E-state index contributed by atoms with van der Waals surface area (Å²) in [5.74, 6) is -0.406. The molecule has 2 heterocycles. The van der Waals surface area contributed by atoms with Crippen LogP contribution in [-0.4, -0.2) is 81.8 Å². The highest BCUT2D eigenvalue weighted by Crippen LogP contribution is 2.53. The Bertz CT molecular complexity index is 1880. The minimum Gasteiger partial charge on any atom is -0.482 e. The molecule has 0 aliphatic carbocycles. The number of sulfone groups is 1. The fourth-order valence-electron chi connectivity index (χ4n) is 9.28. The number of nitrogens with zero attached hydrogens (tertiary/aromatic N) is 1. The summed E-state index contributed by atoms with van der Waals surface area (Å²) in [6.07, 6.45) is 0.974. The van der Waals surface area contributed by atoms with Crippen molar-refractivity contribution in [3.63, 3.8) is 0 Å². The largest absolute Gasteiger partial charge is 0.482 e. The molecule has 3 aromatic carbocycles. The molecule has 55 heavy (non-hydrogen) atoms. The van der Waals surface area contributed by atoms with E-state index in [0.29, 0.717) is 68.1 Å². The Morgan fingerprint density at radius 3 is 2.20 bits per heavy atom. The van der Waals surface area contributed by atoms with Gasteiger partial charge in [-0.05, 0) is 96.3 Å². The zero-order valence-corrected chi connectivity index (χ0v) is 35.8. The number of piperidine rings is 1. The van der Waals surface area contributed by atoms with Crippen LogP contribution in [0.4, 0.5) is 5.69 Å². The molecule has 0 saturated carbocycles. The van der Waals surface area contributed by atoms with Crippen molar-refractivity contribution in [2.45, 2.75) is 100 Å². The molecule has 3 atom stereocenters. The lowest BCUT2D eigenvalue weighted by molar-refractivity contribution is -0.121. The van der Waals surface area contributed by atoms with Crippen LogP contribution in [0.5, 0.6) is 5.75 Å². The molecular formula is C43H60N2O8SSi. The van der Waals surface area contributed by atoms with E-state index in [1.165, 1.54) is 7.11 Å². The van der Waals surface area contributed by atoms with Crippen molar-refractivity contribution in [2.75, 3.05) is 52.0 Å². The van der Waals surface area contributed by atoms with Gasteiger partial charge in [0.2, 0.25) is 8.32 Å². The van der Waals surface area contributed by atoms with Gasteiger partial charge in [0, 0.05) is 33.4 Å². The van der Waals surface area contributed by atoms with Gasteiger partial charge in [-0.25, -0.2) is 13.2 Å². The molecule has 0 unspecified atom stereocenters.